The monoisotopic (exact) mass is 728 g/mol. The van der Waals surface area contributed by atoms with Crippen LogP contribution in [-0.4, -0.2) is 19.9 Å². The standard InChI is InChI=1S/C52H48N4/c1-51(2,3)47-48(52(4,5)6)50-46(36-25-17-10-18-26-36)42-32-30-40(55-42)44(34-21-13-8-14-22-34)38-28-27-37(53-38)43(33-19-11-7-12-20-33)39-29-31-41(54-39)45(49(47)56-50)35-23-15-9-16-24-35/h7-32,47-48,53,56H,1-6H3. The Kier molecular flexibility index (Phi) is 8.73. The van der Waals surface area contributed by atoms with Gasteiger partial charge in [0.2, 0.25) is 0 Å². The summed E-state index contributed by atoms with van der Waals surface area (Å²) in [5, 5.41) is 0. The van der Waals surface area contributed by atoms with Gasteiger partial charge in [-0.3, -0.25) is 0 Å². The second-order valence-electron chi connectivity index (χ2n) is 17.3. The lowest BCUT2D eigenvalue weighted by Crippen LogP contribution is -2.30. The summed E-state index contributed by atoms with van der Waals surface area (Å²) in [6, 6.07) is 47.3. The number of nitrogens with one attached hydrogen (secondary N) is 2. The first kappa shape index (κ1) is 35.4. The highest BCUT2D eigenvalue weighted by Gasteiger charge is 2.47. The second-order valence-corrected chi connectivity index (χ2v) is 17.3. The van der Waals surface area contributed by atoms with Crippen molar-refractivity contribution >= 4 is 35.3 Å². The molecule has 0 amide bonds. The van der Waals surface area contributed by atoms with E-state index in [4.69, 9.17) is 9.97 Å². The largest absolute Gasteiger partial charge is 0.361 e. The van der Waals surface area contributed by atoms with Gasteiger partial charge in [0, 0.05) is 56.5 Å². The number of aromatic nitrogens is 4. The molecule has 4 heteroatoms. The van der Waals surface area contributed by atoms with Crippen molar-refractivity contribution in [1.82, 2.24) is 19.9 Å². The fourth-order valence-electron chi connectivity index (χ4n) is 9.09. The van der Waals surface area contributed by atoms with E-state index in [1.165, 1.54) is 11.4 Å². The maximum absolute atomic E-state index is 5.59. The number of H-pyrrole nitrogens is 2. The number of benzene rings is 4. The fourth-order valence-corrected chi connectivity index (χ4v) is 9.09. The third kappa shape index (κ3) is 6.29. The van der Waals surface area contributed by atoms with Crippen molar-refractivity contribution in [3.05, 3.63) is 168 Å². The summed E-state index contributed by atoms with van der Waals surface area (Å²) < 4.78 is 0. The molecule has 0 saturated carbocycles. The van der Waals surface area contributed by atoms with Crippen LogP contribution in [0.25, 0.3) is 79.8 Å². The number of hydrogen-bond acceptors (Lipinski definition) is 2. The molecule has 5 heterocycles. The average molecular weight is 729 g/mol. The average Bonchev–Trinajstić information content (AvgIpc) is 4.02. The normalized spacial score (nSPS) is 15.9. The highest BCUT2D eigenvalue weighted by Crippen LogP contribution is 2.58. The Morgan fingerprint density at radius 3 is 0.946 bits per heavy atom. The van der Waals surface area contributed by atoms with Crippen molar-refractivity contribution in [2.24, 2.45) is 10.8 Å². The first-order valence-electron chi connectivity index (χ1n) is 19.8. The predicted octanol–water partition coefficient (Wildman–Crippen LogP) is 14.0. The molecule has 4 aromatic carbocycles. The summed E-state index contributed by atoms with van der Waals surface area (Å²) in [5.74, 6) is 0.262. The minimum atomic E-state index is -0.108. The van der Waals surface area contributed by atoms with Crippen LogP contribution in [0.1, 0.15) is 87.5 Å². The zero-order chi connectivity index (χ0) is 38.6. The highest BCUT2D eigenvalue weighted by atomic mass is 14.8. The lowest BCUT2D eigenvalue weighted by atomic mass is 9.62. The van der Waals surface area contributed by atoms with Gasteiger partial charge in [-0.1, -0.05) is 163 Å². The zero-order valence-electron chi connectivity index (χ0n) is 33.1. The van der Waals surface area contributed by atoms with Gasteiger partial charge in [0.1, 0.15) is 0 Å². The summed E-state index contributed by atoms with van der Waals surface area (Å²) in [5.41, 5.74) is 16.8. The van der Waals surface area contributed by atoms with E-state index >= 15 is 0 Å². The Morgan fingerprint density at radius 1 is 0.357 bits per heavy atom. The Hall–Kier alpha value is -6.26. The third-order valence-corrected chi connectivity index (χ3v) is 11.4. The fraction of sp³-hybridized carbons (Fsp3) is 0.192. The molecule has 56 heavy (non-hydrogen) atoms. The minimum Gasteiger partial charge on any atom is -0.361 e. The zero-order valence-corrected chi connectivity index (χ0v) is 33.1. The molecule has 8 bridgehead atoms. The molecule has 9 rings (SSSR count). The molecule has 0 spiro atoms. The van der Waals surface area contributed by atoms with Crippen LogP contribution in [0.5, 0.6) is 0 Å². The van der Waals surface area contributed by atoms with Gasteiger partial charge >= 0.3 is 0 Å². The van der Waals surface area contributed by atoms with Gasteiger partial charge in [-0.05, 0) is 69.5 Å². The van der Waals surface area contributed by atoms with Crippen molar-refractivity contribution in [1.29, 1.82) is 0 Å². The molecular weight excluding hydrogens is 681 g/mol. The van der Waals surface area contributed by atoms with E-state index in [2.05, 4.69) is 209 Å². The Bertz CT molecular complexity index is 2500. The number of hydrogen-bond donors (Lipinski definition) is 2. The Labute approximate surface area is 330 Å². The molecule has 2 N–H and O–H groups in total. The molecular formula is C52H48N4. The first-order valence-corrected chi connectivity index (χ1v) is 19.8. The predicted molar refractivity (Wildman–Crippen MR) is 236 cm³/mol. The number of rotatable bonds is 4. The summed E-state index contributed by atoms with van der Waals surface area (Å²) >= 11 is 0. The number of aromatic amines is 2. The molecule has 2 unspecified atom stereocenters. The molecule has 0 aliphatic carbocycles. The second kappa shape index (κ2) is 13.8. The van der Waals surface area contributed by atoms with E-state index in [1.807, 2.05) is 0 Å². The van der Waals surface area contributed by atoms with Gasteiger partial charge in [0.25, 0.3) is 0 Å². The maximum atomic E-state index is 5.59. The Balaban J connectivity index is 1.55. The van der Waals surface area contributed by atoms with Gasteiger partial charge in [-0.25, -0.2) is 9.97 Å². The van der Waals surface area contributed by atoms with Gasteiger partial charge in [0.05, 0.1) is 22.8 Å². The van der Waals surface area contributed by atoms with Crippen LogP contribution in [0.2, 0.25) is 0 Å². The lowest BCUT2D eigenvalue weighted by Gasteiger charge is -2.40. The smallest absolute Gasteiger partial charge is 0.0737 e. The highest BCUT2D eigenvalue weighted by molar-refractivity contribution is 5.97. The summed E-state index contributed by atoms with van der Waals surface area (Å²) in [6.07, 6.45) is 8.82. The summed E-state index contributed by atoms with van der Waals surface area (Å²) in [6.45, 7) is 14.3. The van der Waals surface area contributed by atoms with Gasteiger partial charge < -0.3 is 9.97 Å². The van der Waals surface area contributed by atoms with E-state index in [9.17, 15) is 0 Å². The van der Waals surface area contributed by atoms with Crippen LogP contribution < -0.4 is 0 Å². The topological polar surface area (TPSA) is 57.4 Å². The molecule has 2 atom stereocenters. The van der Waals surface area contributed by atoms with E-state index < -0.39 is 0 Å². The molecule has 4 nitrogen and oxygen atoms in total. The van der Waals surface area contributed by atoms with Crippen molar-refractivity contribution in [2.75, 3.05) is 0 Å². The molecule has 6 aromatic rings. The van der Waals surface area contributed by atoms with E-state index in [0.29, 0.717) is 0 Å². The minimum absolute atomic E-state index is 0.108. The SMILES string of the molecule is CC(C)(C)C1c2[nH]c(c(-c3ccccc3)c3nc(c(-c4ccccc4)c4ccc([nH]4)c(-c4ccccc4)c4nc(c2-c2ccccc2)C=C4)C=C3)C1C(C)(C)C. The van der Waals surface area contributed by atoms with Crippen LogP contribution in [0.15, 0.2) is 133 Å². The summed E-state index contributed by atoms with van der Waals surface area (Å²) in [7, 11) is 0. The van der Waals surface area contributed by atoms with E-state index in [0.717, 1.165) is 78.3 Å². The molecule has 0 saturated heterocycles. The molecule has 0 radical (unpaired) electrons. The van der Waals surface area contributed by atoms with Crippen LogP contribution in [0.3, 0.4) is 0 Å². The van der Waals surface area contributed by atoms with Crippen molar-refractivity contribution < 1.29 is 0 Å². The van der Waals surface area contributed by atoms with Gasteiger partial charge in [-0.15, -0.1) is 0 Å². The lowest BCUT2D eigenvalue weighted by molar-refractivity contribution is 0.196. The van der Waals surface area contributed by atoms with Crippen molar-refractivity contribution in [2.45, 2.75) is 53.4 Å². The third-order valence-electron chi connectivity index (χ3n) is 11.4. The number of fused-ring (bicyclic) bond motifs is 8. The van der Waals surface area contributed by atoms with Crippen molar-refractivity contribution in [3.8, 4) is 44.5 Å². The van der Waals surface area contributed by atoms with Gasteiger partial charge in [0.15, 0.2) is 0 Å². The van der Waals surface area contributed by atoms with Crippen LogP contribution in [0.4, 0.5) is 0 Å². The number of nitrogens with zero attached hydrogens (tertiary/aromatic N) is 2. The first-order chi connectivity index (χ1) is 27.1. The van der Waals surface area contributed by atoms with E-state index in [-0.39, 0.29) is 22.7 Å². The molecule has 3 aliphatic heterocycles. The maximum Gasteiger partial charge on any atom is 0.0737 e. The van der Waals surface area contributed by atoms with Gasteiger partial charge in [-0.2, -0.15) is 0 Å². The molecule has 3 aliphatic rings. The molecule has 0 fully saturated rings. The van der Waals surface area contributed by atoms with Crippen molar-refractivity contribution in [3.63, 3.8) is 0 Å². The molecule has 2 aromatic heterocycles. The summed E-state index contributed by atoms with van der Waals surface area (Å²) in [4.78, 5) is 19.3. The van der Waals surface area contributed by atoms with Crippen LogP contribution in [0, 0.1) is 10.8 Å². The quantitative estimate of drug-likeness (QED) is 0.190. The van der Waals surface area contributed by atoms with Crippen LogP contribution >= 0.6 is 0 Å². The van der Waals surface area contributed by atoms with Crippen LogP contribution in [-0.2, 0) is 0 Å². The van der Waals surface area contributed by atoms with E-state index in [1.54, 1.807) is 0 Å². The Morgan fingerprint density at radius 2 is 0.643 bits per heavy atom. The molecule has 276 valence electrons.